The molecule has 12 aromatic rings. The van der Waals surface area contributed by atoms with Gasteiger partial charge in [-0.1, -0.05) is 194 Å². The van der Waals surface area contributed by atoms with Gasteiger partial charge in [0.05, 0.1) is 0 Å². The average Bonchev–Trinajstić information content (AvgIpc) is 3.96. The average molecular weight is 819 g/mol. The van der Waals surface area contributed by atoms with Crippen molar-refractivity contribution >= 4 is 72.4 Å². The first kappa shape index (κ1) is 37.2. The molecule has 6 nitrogen and oxygen atoms in total. The monoisotopic (exact) mass is 818 g/mol. The van der Waals surface area contributed by atoms with Gasteiger partial charge in [0.1, 0.15) is 0 Å². The number of nitrogen functional groups attached to an aromatic ring is 1. The number of nitrogens with one attached hydrogen (secondary N) is 2. The molecule has 7 heteroatoms. The van der Waals surface area contributed by atoms with Gasteiger partial charge in [0.2, 0.25) is 6.71 Å². The molecule has 0 atom stereocenters. The summed E-state index contributed by atoms with van der Waals surface area (Å²) in [5.74, 6) is 1.88. The molecule has 0 saturated heterocycles. The minimum atomic E-state index is -0.191. The fourth-order valence-corrected chi connectivity index (χ4v) is 9.49. The number of aromatic nitrogens is 5. The summed E-state index contributed by atoms with van der Waals surface area (Å²) in [4.78, 5) is 22.9. The number of para-hydroxylation sites is 2. The molecule has 0 fully saturated rings. The Bertz CT molecular complexity index is 3600. The number of hydrogen-bond donors (Lipinski definition) is 3. The number of rotatable bonds is 8. The van der Waals surface area contributed by atoms with E-state index < -0.39 is 0 Å². The van der Waals surface area contributed by atoms with E-state index in [2.05, 4.69) is 149 Å². The van der Waals surface area contributed by atoms with Gasteiger partial charge in [0.25, 0.3) is 0 Å². The Hall–Kier alpha value is -8.55. The van der Waals surface area contributed by atoms with Crippen LogP contribution < -0.4 is 22.1 Å². The zero-order valence-corrected chi connectivity index (χ0v) is 34.7. The third-order valence-electron chi connectivity index (χ3n) is 12.5. The van der Waals surface area contributed by atoms with Gasteiger partial charge in [-0.15, -0.1) is 0 Å². The van der Waals surface area contributed by atoms with E-state index in [9.17, 15) is 0 Å². The minimum Gasteiger partial charge on any atom is -0.399 e. The van der Waals surface area contributed by atoms with Crippen LogP contribution in [-0.2, 0) is 0 Å². The fourth-order valence-electron chi connectivity index (χ4n) is 9.49. The summed E-state index contributed by atoms with van der Waals surface area (Å²) in [6, 6.07) is 74.4. The van der Waals surface area contributed by atoms with E-state index in [1.54, 1.807) is 0 Å². The molecular weight excluding hydrogens is 779 g/mol. The third-order valence-corrected chi connectivity index (χ3v) is 12.5. The summed E-state index contributed by atoms with van der Waals surface area (Å²) in [6.07, 6.45) is 0. The first-order chi connectivity index (χ1) is 31.6. The SMILES string of the molecule is Nc1ccc(-c2ccc(B(c3ccc(-c4nc(-c5ccccc5)nc(-c5ccccc5)n4)cc3)c3ccc(-c4ccccc4)c4c3[nH]c3ccccc34)c3[nH]c4ccccc4c23)cc1. The topological polar surface area (TPSA) is 96.3 Å². The minimum absolute atomic E-state index is 0.191. The van der Waals surface area contributed by atoms with Crippen LogP contribution in [0, 0.1) is 0 Å². The predicted octanol–water partition coefficient (Wildman–Crippen LogP) is 11.6. The van der Waals surface area contributed by atoms with E-state index >= 15 is 0 Å². The first-order valence-electron chi connectivity index (χ1n) is 21.6. The molecule has 0 unspecified atom stereocenters. The van der Waals surface area contributed by atoms with E-state index in [-0.39, 0.29) is 6.71 Å². The highest BCUT2D eigenvalue weighted by molar-refractivity contribution is 6.98. The standard InChI is InChI=1S/C57H39BN6/c59-42-30-26-37(27-31-42)44-33-35-48(54-52(44)46-21-11-13-23-50(46)61-54)58(47-34-32-43(36-14-4-1-5-15-36)51-45-20-10-12-22-49(45)60-53(47)51)41-28-24-40(25-29-41)57-63-55(38-16-6-2-7-17-38)62-56(64-57)39-18-8-3-9-19-39/h1-35,60-61H,59H2. The van der Waals surface area contributed by atoms with E-state index in [1.807, 2.05) is 72.8 Å². The van der Waals surface area contributed by atoms with Crippen LogP contribution in [-0.4, -0.2) is 31.6 Å². The highest BCUT2D eigenvalue weighted by Crippen LogP contribution is 2.37. The van der Waals surface area contributed by atoms with Crippen molar-refractivity contribution in [1.82, 2.24) is 24.9 Å². The molecule has 0 bridgehead atoms. The third kappa shape index (κ3) is 6.41. The summed E-state index contributed by atoms with van der Waals surface area (Å²) < 4.78 is 0. The van der Waals surface area contributed by atoms with Gasteiger partial charge in [0.15, 0.2) is 17.5 Å². The number of H-pyrrole nitrogens is 2. The van der Waals surface area contributed by atoms with Crippen LogP contribution in [0.4, 0.5) is 5.69 Å². The Morgan fingerprint density at radius 2 is 0.719 bits per heavy atom. The van der Waals surface area contributed by atoms with Crippen molar-refractivity contribution in [3.05, 3.63) is 212 Å². The maximum atomic E-state index is 6.20. The van der Waals surface area contributed by atoms with Gasteiger partial charge >= 0.3 is 0 Å². The van der Waals surface area contributed by atoms with Crippen molar-refractivity contribution in [3.8, 4) is 56.4 Å². The molecular formula is C57H39BN6. The zero-order chi connectivity index (χ0) is 42.6. The molecule has 12 rings (SSSR count). The van der Waals surface area contributed by atoms with Gasteiger partial charge in [0, 0.05) is 66.0 Å². The highest BCUT2D eigenvalue weighted by Gasteiger charge is 2.30. The fraction of sp³-hybridized carbons (Fsp3) is 0. The molecule has 3 aromatic heterocycles. The van der Waals surface area contributed by atoms with Crippen LogP contribution in [0.3, 0.4) is 0 Å². The van der Waals surface area contributed by atoms with Gasteiger partial charge in [-0.2, -0.15) is 0 Å². The molecule has 0 saturated carbocycles. The molecule has 0 radical (unpaired) electrons. The summed E-state index contributed by atoms with van der Waals surface area (Å²) >= 11 is 0. The summed E-state index contributed by atoms with van der Waals surface area (Å²) in [6.45, 7) is -0.191. The lowest BCUT2D eigenvalue weighted by atomic mass is 9.36. The van der Waals surface area contributed by atoms with Gasteiger partial charge in [-0.05, 0) is 57.4 Å². The van der Waals surface area contributed by atoms with E-state index in [0.717, 1.165) is 61.0 Å². The van der Waals surface area contributed by atoms with Crippen LogP contribution in [0.1, 0.15) is 0 Å². The van der Waals surface area contributed by atoms with Crippen molar-refractivity contribution in [3.63, 3.8) is 0 Å². The number of fused-ring (bicyclic) bond motifs is 6. The molecule has 4 N–H and O–H groups in total. The maximum Gasteiger partial charge on any atom is 0.246 e. The number of anilines is 1. The number of aromatic amines is 2. The van der Waals surface area contributed by atoms with Crippen molar-refractivity contribution in [2.45, 2.75) is 0 Å². The Labute approximate surface area is 370 Å². The molecule has 64 heavy (non-hydrogen) atoms. The van der Waals surface area contributed by atoms with Crippen LogP contribution in [0.5, 0.6) is 0 Å². The Kier molecular flexibility index (Phi) is 8.97. The van der Waals surface area contributed by atoms with E-state index in [0.29, 0.717) is 17.5 Å². The Morgan fingerprint density at radius 3 is 1.19 bits per heavy atom. The second-order valence-electron chi connectivity index (χ2n) is 16.3. The lowest BCUT2D eigenvalue weighted by molar-refractivity contribution is 1.07. The molecule has 0 aliphatic rings. The molecule has 0 aliphatic heterocycles. The maximum absolute atomic E-state index is 6.20. The van der Waals surface area contributed by atoms with E-state index in [4.69, 9.17) is 20.7 Å². The molecule has 0 spiro atoms. The summed E-state index contributed by atoms with van der Waals surface area (Å²) in [5.41, 5.74) is 22.2. The first-order valence-corrected chi connectivity index (χ1v) is 21.6. The number of benzene rings is 9. The molecule has 9 aromatic carbocycles. The predicted molar refractivity (Wildman–Crippen MR) is 268 cm³/mol. The number of hydrogen-bond acceptors (Lipinski definition) is 4. The van der Waals surface area contributed by atoms with Crippen LogP contribution >= 0.6 is 0 Å². The van der Waals surface area contributed by atoms with Gasteiger partial charge in [-0.3, -0.25) is 0 Å². The molecule has 300 valence electrons. The normalized spacial score (nSPS) is 11.5. The van der Waals surface area contributed by atoms with Gasteiger partial charge < -0.3 is 15.7 Å². The van der Waals surface area contributed by atoms with Crippen LogP contribution in [0.2, 0.25) is 0 Å². The smallest absolute Gasteiger partial charge is 0.246 e. The van der Waals surface area contributed by atoms with E-state index in [1.165, 1.54) is 43.6 Å². The van der Waals surface area contributed by atoms with Gasteiger partial charge in [-0.25, -0.2) is 15.0 Å². The summed E-state index contributed by atoms with van der Waals surface area (Å²) in [5, 5.41) is 4.76. The number of nitrogens with zero attached hydrogens (tertiary/aromatic N) is 3. The highest BCUT2D eigenvalue weighted by atomic mass is 15.0. The number of nitrogens with two attached hydrogens (primary N) is 1. The quantitative estimate of drug-likeness (QED) is 0.105. The second kappa shape index (κ2) is 15.4. The van der Waals surface area contributed by atoms with Crippen molar-refractivity contribution < 1.29 is 0 Å². The Morgan fingerprint density at radius 1 is 0.344 bits per heavy atom. The Balaban J connectivity index is 1.10. The lowest BCUT2D eigenvalue weighted by Crippen LogP contribution is -2.52. The summed E-state index contributed by atoms with van der Waals surface area (Å²) in [7, 11) is 0. The largest absolute Gasteiger partial charge is 0.399 e. The van der Waals surface area contributed by atoms with Crippen molar-refractivity contribution in [2.24, 2.45) is 0 Å². The molecule has 3 heterocycles. The van der Waals surface area contributed by atoms with Crippen molar-refractivity contribution in [1.29, 1.82) is 0 Å². The zero-order valence-electron chi connectivity index (χ0n) is 34.7. The second-order valence-corrected chi connectivity index (χ2v) is 16.3. The molecule has 0 amide bonds. The molecule has 0 aliphatic carbocycles. The van der Waals surface area contributed by atoms with Crippen LogP contribution in [0.25, 0.3) is 100 Å². The van der Waals surface area contributed by atoms with Crippen molar-refractivity contribution in [2.75, 3.05) is 5.73 Å². The lowest BCUT2D eigenvalue weighted by Gasteiger charge is -2.20. The van der Waals surface area contributed by atoms with Crippen LogP contribution in [0.15, 0.2) is 212 Å².